The molecule has 2 rings (SSSR count). The number of carboxylic acids is 1. The van der Waals surface area contributed by atoms with Gasteiger partial charge >= 0.3 is 0 Å². The Morgan fingerprint density at radius 1 is 1.29 bits per heavy atom. The fraction of sp³-hybridized carbons (Fsp3) is 0.125. The quantitative estimate of drug-likeness (QED) is 0.682. The Kier molecular flexibility index (Phi) is 4.95. The van der Waals surface area contributed by atoms with E-state index < -0.39 is 5.97 Å². The number of carboxylic acid groups (broad SMARTS) is 1. The molecule has 21 heavy (non-hydrogen) atoms. The van der Waals surface area contributed by atoms with E-state index in [0.29, 0.717) is 10.7 Å². The number of carbonyl (C=O) groups is 1. The van der Waals surface area contributed by atoms with Crippen molar-refractivity contribution in [3.05, 3.63) is 64.7 Å². The Hall–Kier alpha value is -2.33. The van der Waals surface area contributed by atoms with Crippen molar-refractivity contribution in [3.63, 3.8) is 0 Å². The van der Waals surface area contributed by atoms with Crippen molar-refractivity contribution in [1.29, 1.82) is 0 Å². The number of anilines is 1. The maximum Gasteiger partial charge on any atom is 0.0754 e. The van der Waals surface area contributed by atoms with Gasteiger partial charge in [-0.05, 0) is 23.3 Å². The normalized spacial score (nSPS) is 12.3. The second-order valence-corrected chi connectivity index (χ2v) is 4.98. The van der Waals surface area contributed by atoms with E-state index in [1.54, 1.807) is 6.21 Å². The highest BCUT2D eigenvalue weighted by atomic mass is 35.5. The van der Waals surface area contributed by atoms with Crippen molar-refractivity contribution < 1.29 is 9.90 Å². The summed E-state index contributed by atoms with van der Waals surface area (Å²) < 4.78 is 0. The summed E-state index contributed by atoms with van der Waals surface area (Å²) in [6.07, 6.45) is 1.73. The van der Waals surface area contributed by atoms with Crippen LogP contribution in [0.1, 0.15) is 28.8 Å². The van der Waals surface area contributed by atoms with Crippen molar-refractivity contribution in [1.82, 2.24) is 0 Å². The molecule has 0 fully saturated rings. The lowest BCUT2D eigenvalue weighted by atomic mass is 10.0. The molecule has 0 amide bonds. The van der Waals surface area contributed by atoms with Gasteiger partial charge < -0.3 is 9.90 Å². The number of aromatic carboxylic acids is 1. The van der Waals surface area contributed by atoms with Crippen molar-refractivity contribution in [3.8, 4) is 0 Å². The molecule has 0 aromatic heterocycles. The third kappa shape index (κ3) is 4.07. The third-order valence-corrected chi connectivity index (χ3v) is 3.34. The van der Waals surface area contributed by atoms with Crippen molar-refractivity contribution in [2.75, 3.05) is 5.43 Å². The number of hydrazone groups is 1. The molecular weight excluding hydrogens is 288 g/mol. The summed E-state index contributed by atoms with van der Waals surface area (Å²) >= 11 is 5.98. The van der Waals surface area contributed by atoms with E-state index in [0.717, 1.165) is 5.56 Å². The van der Waals surface area contributed by atoms with E-state index >= 15 is 0 Å². The smallest absolute Gasteiger partial charge is 0.0754 e. The number of carbonyl (C=O) groups excluding carboxylic acids is 1. The molecule has 0 unspecified atom stereocenters. The summed E-state index contributed by atoms with van der Waals surface area (Å²) in [5.41, 5.74) is 4.37. The van der Waals surface area contributed by atoms with Crippen LogP contribution in [0.4, 0.5) is 5.69 Å². The zero-order valence-electron chi connectivity index (χ0n) is 11.4. The summed E-state index contributed by atoms with van der Waals surface area (Å²) in [4.78, 5) is 10.8. The molecule has 1 atom stereocenters. The van der Waals surface area contributed by atoms with Crippen LogP contribution in [-0.2, 0) is 0 Å². The van der Waals surface area contributed by atoms with Crippen molar-refractivity contribution >= 4 is 29.5 Å². The molecule has 0 bridgehead atoms. The molecule has 4 nitrogen and oxygen atoms in total. The first-order chi connectivity index (χ1) is 10.1. The van der Waals surface area contributed by atoms with Crippen LogP contribution in [0.25, 0.3) is 0 Å². The Morgan fingerprint density at radius 3 is 2.67 bits per heavy atom. The van der Waals surface area contributed by atoms with Gasteiger partial charge in [0, 0.05) is 12.1 Å². The number of benzene rings is 2. The largest absolute Gasteiger partial charge is 0.545 e. The molecule has 1 N–H and O–H groups in total. The highest BCUT2D eigenvalue weighted by molar-refractivity contribution is 6.33. The van der Waals surface area contributed by atoms with Gasteiger partial charge in [-0.15, -0.1) is 0 Å². The van der Waals surface area contributed by atoms with Crippen LogP contribution in [0.15, 0.2) is 53.6 Å². The van der Waals surface area contributed by atoms with Crippen molar-refractivity contribution in [2.45, 2.75) is 12.8 Å². The lowest BCUT2D eigenvalue weighted by Gasteiger charge is -2.09. The Balaban J connectivity index is 2.07. The van der Waals surface area contributed by atoms with E-state index in [9.17, 15) is 9.90 Å². The predicted octanol–water partition coefficient (Wildman–Crippen LogP) is 2.90. The summed E-state index contributed by atoms with van der Waals surface area (Å²) in [6.45, 7) is 2.01. The van der Waals surface area contributed by atoms with Crippen LogP contribution < -0.4 is 10.5 Å². The molecule has 108 valence electrons. The fourth-order valence-corrected chi connectivity index (χ4v) is 1.96. The summed E-state index contributed by atoms with van der Waals surface area (Å²) in [5, 5.41) is 15.3. The number of nitrogens with one attached hydrogen (secondary N) is 1. The molecule has 2 aromatic carbocycles. The van der Waals surface area contributed by atoms with E-state index in [1.807, 2.05) is 37.3 Å². The SMILES string of the molecule is C[C@@H](/C=N\Nc1cc(C(=O)[O-])ccc1Cl)c1ccccc1. The topological polar surface area (TPSA) is 64.5 Å². The van der Waals surface area contributed by atoms with E-state index in [2.05, 4.69) is 10.5 Å². The first-order valence-electron chi connectivity index (χ1n) is 6.43. The minimum Gasteiger partial charge on any atom is -0.545 e. The number of rotatable bonds is 5. The van der Waals surface area contributed by atoms with Gasteiger partial charge in [0.05, 0.1) is 16.7 Å². The van der Waals surface area contributed by atoms with Gasteiger partial charge in [-0.3, -0.25) is 5.43 Å². The summed E-state index contributed by atoms with van der Waals surface area (Å²) in [5.74, 6) is -1.13. The molecule has 0 saturated heterocycles. The molecule has 0 aliphatic heterocycles. The molecular formula is C16H14ClN2O2-. The lowest BCUT2D eigenvalue weighted by Crippen LogP contribution is -2.22. The number of hydrogen-bond acceptors (Lipinski definition) is 4. The summed E-state index contributed by atoms with van der Waals surface area (Å²) in [7, 11) is 0. The Bertz CT molecular complexity index is 657. The van der Waals surface area contributed by atoms with Gasteiger partial charge in [0.15, 0.2) is 0 Å². The zero-order valence-corrected chi connectivity index (χ0v) is 12.2. The van der Waals surface area contributed by atoms with Crippen LogP contribution >= 0.6 is 11.6 Å². The second-order valence-electron chi connectivity index (χ2n) is 4.57. The Labute approximate surface area is 128 Å². The standard InChI is InChI=1S/C16H15ClN2O2/c1-11(12-5-3-2-4-6-12)10-18-19-15-9-13(16(20)21)7-8-14(15)17/h2-11,19H,1H3,(H,20,21)/p-1/b18-10-/t11-/m0/s1. The van der Waals surface area contributed by atoms with Gasteiger partial charge in [0.2, 0.25) is 0 Å². The minimum absolute atomic E-state index is 0.0493. The molecule has 0 heterocycles. The maximum atomic E-state index is 10.8. The lowest BCUT2D eigenvalue weighted by molar-refractivity contribution is -0.255. The van der Waals surface area contributed by atoms with Crippen LogP contribution in [0.2, 0.25) is 5.02 Å². The van der Waals surface area contributed by atoms with Gasteiger partial charge in [-0.1, -0.05) is 54.9 Å². The van der Waals surface area contributed by atoms with Gasteiger partial charge in [0.25, 0.3) is 0 Å². The fourth-order valence-electron chi connectivity index (χ4n) is 1.80. The Morgan fingerprint density at radius 2 is 2.00 bits per heavy atom. The van der Waals surface area contributed by atoms with Crippen molar-refractivity contribution in [2.24, 2.45) is 5.10 Å². The monoisotopic (exact) mass is 301 g/mol. The molecule has 0 aliphatic carbocycles. The van der Waals surface area contributed by atoms with Crippen LogP contribution in [0.5, 0.6) is 0 Å². The van der Waals surface area contributed by atoms with E-state index in [-0.39, 0.29) is 11.5 Å². The molecule has 5 heteroatoms. The molecule has 0 aliphatic rings. The van der Waals surface area contributed by atoms with Gasteiger partial charge in [-0.2, -0.15) is 5.10 Å². The first kappa shape index (κ1) is 15.1. The number of nitrogens with zero attached hydrogens (tertiary/aromatic N) is 1. The van der Waals surface area contributed by atoms with E-state index in [4.69, 9.17) is 11.6 Å². The number of halogens is 1. The van der Waals surface area contributed by atoms with Crippen LogP contribution in [0, 0.1) is 0 Å². The first-order valence-corrected chi connectivity index (χ1v) is 6.81. The molecule has 0 radical (unpaired) electrons. The average molecular weight is 302 g/mol. The highest BCUT2D eigenvalue weighted by Gasteiger charge is 2.03. The second kappa shape index (κ2) is 6.90. The maximum absolute atomic E-state index is 10.8. The molecule has 0 saturated carbocycles. The molecule has 0 spiro atoms. The number of hydrogen-bond donors (Lipinski definition) is 1. The van der Waals surface area contributed by atoms with Crippen LogP contribution in [-0.4, -0.2) is 12.2 Å². The zero-order chi connectivity index (χ0) is 15.2. The third-order valence-electron chi connectivity index (χ3n) is 3.01. The molecule has 2 aromatic rings. The van der Waals surface area contributed by atoms with Crippen LogP contribution in [0.3, 0.4) is 0 Å². The minimum atomic E-state index is -1.25. The van der Waals surface area contributed by atoms with Gasteiger partial charge in [-0.25, -0.2) is 0 Å². The van der Waals surface area contributed by atoms with Gasteiger partial charge in [0.1, 0.15) is 0 Å². The highest BCUT2D eigenvalue weighted by Crippen LogP contribution is 2.23. The average Bonchev–Trinajstić information content (AvgIpc) is 2.49. The summed E-state index contributed by atoms with van der Waals surface area (Å²) in [6, 6.07) is 14.2. The van der Waals surface area contributed by atoms with E-state index in [1.165, 1.54) is 18.2 Å². The predicted molar refractivity (Wildman–Crippen MR) is 82.8 cm³/mol.